The Kier molecular flexibility index (Phi) is 6.49. The Hall–Kier alpha value is -2.99. The van der Waals surface area contributed by atoms with E-state index >= 15 is 0 Å². The average Bonchev–Trinajstić information content (AvgIpc) is 3.23. The fourth-order valence-corrected chi connectivity index (χ4v) is 4.76. The van der Waals surface area contributed by atoms with Crippen LogP contribution in [-0.4, -0.2) is 49.1 Å². The van der Waals surface area contributed by atoms with Gasteiger partial charge in [0, 0.05) is 25.8 Å². The highest BCUT2D eigenvalue weighted by Gasteiger charge is 2.31. The van der Waals surface area contributed by atoms with E-state index in [9.17, 15) is 18.0 Å². The van der Waals surface area contributed by atoms with E-state index in [2.05, 4.69) is 20.4 Å². The summed E-state index contributed by atoms with van der Waals surface area (Å²) in [5, 5.41) is 12.8. The molecule has 3 aromatic rings. The van der Waals surface area contributed by atoms with Crippen molar-refractivity contribution in [2.24, 2.45) is 0 Å². The first-order chi connectivity index (χ1) is 16.8. The van der Waals surface area contributed by atoms with Gasteiger partial charge in [0.25, 0.3) is 5.56 Å². The third-order valence-electron chi connectivity index (χ3n) is 6.24. The molecule has 0 spiro atoms. The van der Waals surface area contributed by atoms with Crippen molar-refractivity contribution in [3.8, 4) is 0 Å². The average molecular weight is 510 g/mol. The summed E-state index contributed by atoms with van der Waals surface area (Å²) in [6.45, 7) is 1.59. The zero-order chi connectivity index (χ0) is 24.6. The Morgan fingerprint density at radius 3 is 2.89 bits per heavy atom. The summed E-state index contributed by atoms with van der Waals surface area (Å²) < 4.78 is 47.4. The smallest absolute Gasteiger partial charge is 0.362 e. The van der Waals surface area contributed by atoms with Crippen LogP contribution in [0, 0.1) is 0 Å². The van der Waals surface area contributed by atoms with Gasteiger partial charge in [-0.3, -0.25) is 9.78 Å². The van der Waals surface area contributed by atoms with E-state index in [0.717, 1.165) is 18.5 Å². The molecule has 1 fully saturated rings. The predicted molar refractivity (Wildman–Crippen MR) is 120 cm³/mol. The number of halogens is 4. The third-order valence-corrected chi connectivity index (χ3v) is 6.60. The van der Waals surface area contributed by atoms with E-state index in [-0.39, 0.29) is 17.3 Å². The van der Waals surface area contributed by atoms with Crippen molar-refractivity contribution >= 4 is 17.3 Å². The van der Waals surface area contributed by atoms with Gasteiger partial charge in [-0.05, 0) is 30.9 Å². The number of pyridine rings is 1. The lowest BCUT2D eigenvalue weighted by Crippen LogP contribution is -2.36. The monoisotopic (exact) mass is 509 g/mol. The Morgan fingerprint density at radius 1 is 1.26 bits per heavy atom. The molecule has 0 aliphatic carbocycles. The molecule has 5 rings (SSSR count). The number of ether oxygens (including phenoxy) is 1. The van der Waals surface area contributed by atoms with Gasteiger partial charge in [0.15, 0.2) is 6.23 Å². The number of fused-ring (bicyclic) bond motifs is 1. The van der Waals surface area contributed by atoms with Gasteiger partial charge in [0.2, 0.25) is 0 Å². The van der Waals surface area contributed by atoms with E-state index in [0.29, 0.717) is 49.5 Å². The second-order valence-electron chi connectivity index (χ2n) is 8.63. The maximum atomic E-state index is 12.9. The second kappa shape index (κ2) is 9.57. The molecule has 2 aliphatic rings. The van der Waals surface area contributed by atoms with Crippen LogP contribution >= 0.6 is 11.6 Å². The Labute approximate surface area is 203 Å². The first-order valence-corrected chi connectivity index (χ1v) is 11.7. The quantitative estimate of drug-likeness (QED) is 0.521. The molecule has 0 aromatic carbocycles. The van der Waals surface area contributed by atoms with Gasteiger partial charge in [0.1, 0.15) is 10.7 Å². The van der Waals surface area contributed by atoms with E-state index in [1.54, 1.807) is 23.0 Å². The molecule has 186 valence electrons. The third kappa shape index (κ3) is 5.03. The number of aromatic nitrogens is 6. The minimum absolute atomic E-state index is 0.0259. The van der Waals surface area contributed by atoms with Crippen LogP contribution in [0.15, 0.2) is 29.3 Å². The summed E-state index contributed by atoms with van der Waals surface area (Å²) >= 11 is 6.45. The highest BCUT2D eigenvalue weighted by molar-refractivity contribution is 6.33. The molecular formula is C22H23ClF3N7O2. The Bertz CT molecular complexity index is 1270. The number of hydrogen-bond donors (Lipinski definition) is 0. The summed E-state index contributed by atoms with van der Waals surface area (Å²) in [5.74, 6) is 0. The molecule has 35 heavy (non-hydrogen) atoms. The van der Waals surface area contributed by atoms with E-state index in [1.807, 2.05) is 4.90 Å². The van der Waals surface area contributed by atoms with Crippen LogP contribution in [0.3, 0.4) is 0 Å². The highest BCUT2D eigenvalue weighted by Crippen LogP contribution is 2.29. The van der Waals surface area contributed by atoms with Crippen LogP contribution in [0.2, 0.25) is 5.02 Å². The number of nitrogens with zero attached hydrogens (tertiary/aromatic N) is 7. The fourth-order valence-electron chi connectivity index (χ4n) is 4.50. The Morgan fingerprint density at radius 2 is 2.11 bits per heavy atom. The van der Waals surface area contributed by atoms with Crippen molar-refractivity contribution in [2.75, 3.05) is 18.1 Å². The predicted octanol–water partition coefficient (Wildman–Crippen LogP) is 3.30. The van der Waals surface area contributed by atoms with E-state index < -0.39 is 24.4 Å². The van der Waals surface area contributed by atoms with Crippen molar-refractivity contribution in [1.82, 2.24) is 29.8 Å². The van der Waals surface area contributed by atoms with Crippen LogP contribution in [0.5, 0.6) is 0 Å². The maximum absolute atomic E-state index is 12.9. The molecule has 0 saturated carbocycles. The molecule has 0 N–H and O–H groups in total. The molecule has 3 aromatic heterocycles. The lowest BCUT2D eigenvalue weighted by molar-refractivity contribution is -0.128. The van der Waals surface area contributed by atoms with Crippen molar-refractivity contribution in [3.63, 3.8) is 0 Å². The lowest BCUT2D eigenvalue weighted by Gasteiger charge is -2.29. The zero-order valence-electron chi connectivity index (χ0n) is 18.7. The van der Waals surface area contributed by atoms with Crippen LogP contribution in [-0.2, 0) is 30.7 Å². The van der Waals surface area contributed by atoms with Crippen molar-refractivity contribution in [1.29, 1.82) is 0 Å². The van der Waals surface area contributed by atoms with Crippen LogP contribution in [0.4, 0.5) is 18.9 Å². The minimum Gasteiger partial charge on any atom is -0.362 e. The van der Waals surface area contributed by atoms with Crippen LogP contribution < -0.4 is 10.5 Å². The van der Waals surface area contributed by atoms with Crippen molar-refractivity contribution in [2.45, 2.75) is 57.6 Å². The standard InChI is InChI=1S/C22H23ClF3N7O2/c23-20-18(11-28-33(21(20)34)19-5-1-2-9-35-19)31-8-6-17-16(13-31)29-30-32(17)12-14-4-3-7-27-15(14)10-22(24,25)26/h3-4,7,11,19H,1-2,5-6,8-10,12-13H2. The van der Waals surface area contributed by atoms with Gasteiger partial charge in [0.05, 0.1) is 42.8 Å². The molecule has 1 atom stereocenters. The topological polar surface area (TPSA) is 91.0 Å². The molecule has 9 nitrogen and oxygen atoms in total. The maximum Gasteiger partial charge on any atom is 0.394 e. The number of hydrogen-bond acceptors (Lipinski definition) is 7. The SMILES string of the molecule is O=c1c(Cl)c(N2CCc3c(nnn3Cc3cccnc3CC(F)(F)F)C2)cnn1C1CCCCO1. The summed E-state index contributed by atoms with van der Waals surface area (Å²) in [6, 6.07) is 3.23. The number of alkyl halides is 3. The molecule has 2 aliphatic heterocycles. The van der Waals surface area contributed by atoms with Gasteiger partial charge in [-0.25, -0.2) is 4.68 Å². The summed E-state index contributed by atoms with van der Waals surface area (Å²) in [5.41, 5.74) is 2.02. The fraction of sp³-hybridized carbons (Fsp3) is 0.500. The largest absolute Gasteiger partial charge is 0.394 e. The van der Waals surface area contributed by atoms with Crippen molar-refractivity contribution < 1.29 is 17.9 Å². The summed E-state index contributed by atoms with van der Waals surface area (Å²) in [4.78, 5) is 18.7. The first-order valence-electron chi connectivity index (χ1n) is 11.3. The van der Waals surface area contributed by atoms with E-state index in [4.69, 9.17) is 16.3 Å². The molecule has 5 heterocycles. The van der Waals surface area contributed by atoms with Crippen LogP contribution in [0.1, 0.15) is 48.1 Å². The second-order valence-corrected chi connectivity index (χ2v) is 9.01. The van der Waals surface area contributed by atoms with Gasteiger partial charge in [-0.2, -0.15) is 23.0 Å². The molecule has 13 heteroatoms. The van der Waals surface area contributed by atoms with Gasteiger partial charge in [-0.15, -0.1) is 5.10 Å². The summed E-state index contributed by atoms with van der Waals surface area (Å²) in [7, 11) is 0. The molecule has 1 unspecified atom stereocenters. The van der Waals surface area contributed by atoms with Crippen LogP contribution in [0.25, 0.3) is 0 Å². The molecular weight excluding hydrogens is 487 g/mol. The van der Waals surface area contributed by atoms with Gasteiger partial charge < -0.3 is 9.64 Å². The molecule has 0 radical (unpaired) electrons. The molecule has 0 bridgehead atoms. The number of rotatable bonds is 5. The first kappa shape index (κ1) is 23.7. The molecule has 0 amide bonds. The Balaban J connectivity index is 1.34. The number of anilines is 1. The van der Waals surface area contributed by atoms with Gasteiger partial charge >= 0.3 is 6.18 Å². The lowest BCUT2D eigenvalue weighted by atomic mass is 10.1. The molecule has 1 saturated heterocycles. The van der Waals surface area contributed by atoms with Gasteiger partial charge in [-0.1, -0.05) is 22.9 Å². The van der Waals surface area contributed by atoms with Crippen molar-refractivity contribution in [3.05, 3.63) is 62.5 Å². The summed E-state index contributed by atoms with van der Waals surface area (Å²) in [6.07, 6.45) is 0.208. The normalized spacial score (nSPS) is 18.5. The zero-order valence-corrected chi connectivity index (χ0v) is 19.5. The minimum atomic E-state index is -4.35. The van der Waals surface area contributed by atoms with E-state index in [1.165, 1.54) is 10.9 Å². The highest BCUT2D eigenvalue weighted by atomic mass is 35.5.